The summed E-state index contributed by atoms with van der Waals surface area (Å²) < 4.78 is 12.3. The molecule has 1 aromatic heterocycles. The van der Waals surface area contributed by atoms with E-state index in [0.717, 1.165) is 32.8 Å². The third kappa shape index (κ3) is 4.98. The van der Waals surface area contributed by atoms with Gasteiger partial charge in [0.25, 0.3) is 0 Å². The van der Waals surface area contributed by atoms with E-state index in [9.17, 15) is 4.79 Å². The van der Waals surface area contributed by atoms with E-state index in [-0.39, 0.29) is 5.91 Å². The molecule has 142 valence electrons. The Morgan fingerprint density at radius 3 is 2.67 bits per heavy atom. The van der Waals surface area contributed by atoms with Crippen molar-refractivity contribution in [3.8, 4) is 11.5 Å². The molecule has 0 atom stereocenters. The standard InChI is InChI=1S/C21H24N2O3S/c1-4-25-16-10-11-17-18(13-16)27-21(22-17)23-19(24)9-6-12-26-20-14(2)7-5-8-15(20)3/h5,7-8,10-11,13H,4,6,9,12H2,1-3H3,(H,22,23,24). The van der Waals surface area contributed by atoms with Crippen LogP contribution in [-0.4, -0.2) is 24.1 Å². The fraction of sp³-hybridized carbons (Fsp3) is 0.333. The number of ether oxygens (including phenoxy) is 2. The van der Waals surface area contributed by atoms with E-state index in [2.05, 4.69) is 10.3 Å². The lowest BCUT2D eigenvalue weighted by Gasteiger charge is -2.11. The maximum atomic E-state index is 12.2. The molecule has 0 saturated heterocycles. The molecule has 1 N–H and O–H groups in total. The van der Waals surface area contributed by atoms with Gasteiger partial charge in [0.15, 0.2) is 5.13 Å². The number of carbonyl (C=O) groups is 1. The van der Waals surface area contributed by atoms with Gasteiger partial charge in [-0.05, 0) is 56.5 Å². The van der Waals surface area contributed by atoms with Crippen molar-refractivity contribution in [3.05, 3.63) is 47.5 Å². The molecule has 2 aromatic carbocycles. The predicted octanol–water partition coefficient (Wildman–Crippen LogP) is 5.11. The van der Waals surface area contributed by atoms with Gasteiger partial charge in [-0.3, -0.25) is 4.79 Å². The average Bonchev–Trinajstić information content (AvgIpc) is 3.02. The van der Waals surface area contributed by atoms with E-state index < -0.39 is 0 Å². The fourth-order valence-corrected chi connectivity index (χ4v) is 3.74. The third-order valence-corrected chi connectivity index (χ3v) is 5.05. The highest BCUT2D eigenvalue weighted by atomic mass is 32.1. The van der Waals surface area contributed by atoms with Crippen LogP contribution in [0.4, 0.5) is 5.13 Å². The molecule has 0 aliphatic carbocycles. The molecule has 0 saturated carbocycles. The first-order chi connectivity index (χ1) is 13.1. The Morgan fingerprint density at radius 1 is 1.15 bits per heavy atom. The van der Waals surface area contributed by atoms with Crippen molar-refractivity contribution in [1.29, 1.82) is 0 Å². The second-order valence-corrected chi connectivity index (χ2v) is 7.33. The summed E-state index contributed by atoms with van der Waals surface area (Å²) in [6.45, 7) is 7.14. The van der Waals surface area contributed by atoms with Crippen LogP contribution in [0.2, 0.25) is 0 Å². The minimum Gasteiger partial charge on any atom is -0.494 e. The second kappa shape index (κ2) is 8.86. The first-order valence-corrected chi connectivity index (χ1v) is 9.90. The summed E-state index contributed by atoms with van der Waals surface area (Å²) in [5.74, 6) is 1.67. The van der Waals surface area contributed by atoms with E-state index in [1.54, 1.807) is 0 Å². The molecule has 0 aliphatic heterocycles. The predicted molar refractivity (Wildman–Crippen MR) is 110 cm³/mol. The van der Waals surface area contributed by atoms with E-state index in [1.165, 1.54) is 11.3 Å². The smallest absolute Gasteiger partial charge is 0.226 e. The highest BCUT2D eigenvalue weighted by Crippen LogP contribution is 2.29. The Hall–Kier alpha value is -2.60. The molecule has 0 unspecified atom stereocenters. The average molecular weight is 385 g/mol. The number of aromatic nitrogens is 1. The molecule has 27 heavy (non-hydrogen) atoms. The molecule has 0 radical (unpaired) electrons. The van der Waals surface area contributed by atoms with E-state index in [4.69, 9.17) is 9.47 Å². The number of nitrogens with zero attached hydrogens (tertiary/aromatic N) is 1. The molecule has 0 aliphatic rings. The maximum Gasteiger partial charge on any atom is 0.226 e. The number of nitrogens with one attached hydrogen (secondary N) is 1. The van der Waals surface area contributed by atoms with E-state index >= 15 is 0 Å². The summed E-state index contributed by atoms with van der Waals surface area (Å²) in [4.78, 5) is 16.6. The summed E-state index contributed by atoms with van der Waals surface area (Å²) in [5, 5.41) is 3.49. The van der Waals surface area contributed by atoms with Gasteiger partial charge in [-0.15, -0.1) is 0 Å². The molecular weight excluding hydrogens is 360 g/mol. The molecule has 1 amide bonds. The normalized spacial score (nSPS) is 10.8. The number of carbonyl (C=O) groups excluding carboxylic acids is 1. The molecule has 3 aromatic rings. The minimum atomic E-state index is -0.0517. The van der Waals surface area contributed by atoms with Gasteiger partial charge in [0.1, 0.15) is 11.5 Å². The van der Waals surface area contributed by atoms with Crippen LogP contribution in [0.3, 0.4) is 0 Å². The number of benzene rings is 2. The van der Waals surface area contributed by atoms with Gasteiger partial charge in [0.05, 0.1) is 23.4 Å². The number of thiazole rings is 1. The summed E-state index contributed by atoms with van der Waals surface area (Å²) in [6.07, 6.45) is 1.05. The summed E-state index contributed by atoms with van der Waals surface area (Å²) in [7, 11) is 0. The van der Waals surface area contributed by atoms with Crippen molar-refractivity contribution in [3.63, 3.8) is 0 Å². The van der Waals surface area contributed by atoms with E-state index in [0.29, 0.717) is 31.2 Å². The number of para-hydroxylation sites is 1. The van der Waals surface area contributed by atoms with Gasteiger partial charge in [-0.1, -0.05) is 29.5 Å². The summed E-state index contributed by atoms with van der Waals surface area (Å²) in [5.41, 5.74) is 3.08. The van der Waals surface area contributed by atoms with Crippen molar-refractivity contribution in [1.82, 2.24) is 4.98 Å². The molecule has 0 fully saturated rings. The quantitative estimate of drug-likeness (QED) is 0.548. The van der Waals surface area contributed by atoms with Gasteiger partial charge >= 0.3 is 0 Å². The maximum absolute atomic E-state index is 12.2. The molecule has 1 heterocycles. The van der Waals surface area contributed by atoms with Gasteiger partial charge < -0.3 is 14.8 Å². The third-order valence-electron chi connectivity index (χ3n) is 4.12. The number of amides is 1. The molecule has 0 bridgehead atoms. The van der Waals surface area contributed by atoms with Crippen LogP contribution in [0.25, 0.3) is 10.2 Å². The number of fused-ring (bicyclic) bond motifs is 1. The number of rotatable bonds is 8. The van der Waals surface area contributed by atoms with E-state index in [1.807, 2.05) is 57.2 Å². The van der Waals surface area contributed by atoms with Crippen LogP contribution >= 0.6 is 11.3 Å². The largest absolute Gasteiger partial charge is 0.494 e. The van der Waals surface area contributed by atoms with Gasteiger partial charge in [0.2, 0.25) is 5.91 Å². The first-order valence-electron chi connectivity index (χ1n) is 9.09. The summed E-state index contributed by atoms with van der Waals surface area (Å²) in [6, 6.07) is 11.8. The van der Waals surface area contributed by atoms with Crippen LogP contribution in [0.5, 0.6) is 11.5 Å². The fourth-order valence-electron chi connectivity index (χ4n) is 2.83. The lowest BCUT2D eigenvalue weighted by Crippen LogP contribution is -2.12. The molecular formula is C21H24N2O3S. The first kappa shape index (κ1) is 19.2. The molecule has 5 nitrogen and oxygen atoms in total. The SMILES string of the molecule is CCOc1ccc2nc(NC(=O)CCCOc3c(C)cccc3C)sc2c1. The second-order valence-electron chi connectivity index (χ2n) is 6.30. The Bertz CT molecular complexity index is 916. The Kier molecular flexibility index (Phi) is 6.29. The zero-order chi connectivity index (χ0) is 19.2. The summed E-state index contributed by atoms with van der Waals surface area (Å²) >= 11 is 1.45. The minimum absolute atomic E-state index is 0.0517. The molecule has 3 rings (SSSR count). The zero-order valence-electron chi connectivity index (χ0n) is 15.9. The number of aryl methyl sites for hydroxylation is 2. The van der Waals surface area contributed by atoms with Crippen molar-refractivity contribution in [2.75, 3.05) is 18.5 Å². The van der Waals surface area contributed by atoms with Crippen LogP contribution in [-0.2, 0) is 4.79 Å². The number of hydrogen-bond acceptors (Lipinski definition) is 5. The van der Waals surface area contributed by atoms with Crippen LogP contribution < -0.4 is 14.8 Å². The number of anilines is 1. The van der Waals surface area contributed by atoms with Crippen molar-refractivity contribution in [2.24, 2.45) is 0 Å². The Balaban J connectivity index is 1.50. The number of hydrogen-bond donors (Lipinski definition) is 1. The van der Waals surface area contributed by atoms with Crippen LogP contribution in [0.15, 0.2) is 36.4 Å². The Labute approximate surface area is 163 Å². The van der Waals surface area contributed by atoms with Gasteiger partial charge in [-0.25, -0.2) is 4.98 Å². The van der Waals surface area contributed by atoms with Crippen molar-refractivity contribution in [2.45, 2.75) is 33.6 Å². The van der Waals surface area contributed by atoms with Crippen LogP contribution in [0, 0.1) is 13.8 Å². The molecule has 6 heteroatoms. The monoisotopic (exact) mass is 384 g/mol. The highest BCUT2D eigenvalue weighted by Gasteiger charge is 2.09. The zero-order valence-corrected chi connectivity index (χ0v) is 16.7. The van der Waals surface area contributed by atoms with Crippen molar-refractivity contribution >= 4 is 32.6 Å². The Morgan fingerprint density at radius 2 is 1.93 bits per heavy atom. The van der Waals surface area contributed by atoms with Gasteiger partial charge in [0, 0.05) is 6.42 Å². The van der Waals surface area contributed by atoms with Crippen molar-refractivity contribution < 1.29 is 14.3 Å². The van der Waals surface area contributed by atoms with Crippen LogP contribution in [0.1, 0.15) is 30.9 Å². The van der Waals surface area contributed by atoms with Gasteiger partial charge in [-0.2, -0.15) is 0 Å². The highest BCUT2D eigenvalue weighted by molar-refractivity contribution is 7.22. The topological polar surface area (TPSA) is 60.5 Å². The molecule has 0 spiro atoms. The lowest BCUT2D eigenvalue weighted by molar-refractivity contribution is -0.116. The lowest BCUT2D eigenvalue weighted by atomic mass is 10.1.